The van der Waals surface area contributed by atoms with Gasteiger partial charge in [-0.2, -0.15) is 0 Å². The van der Waals surface area contributed by atoms with Gasteiger partial charge >= 0.3 is 5.97 Å². The molecule has 17 heavy (non-hydrogen) atoms. The normalized spacial score (nSPS) is 9.71. The van der Waals surface area contributed by atoms with Gasteiger partial charge in [0.05, 0.1) is 6.54 Å². The number of aromatic amines is 1. The van der Waals surface area contributed by atoms with Crippen molar-refractivity contribution < 1.29 is 14.7 Å². The minimum Gasteiger partial charge on any atom is -0.480 e. The molecule has 1 aromatic heterocycles. The molecule has 1 aromatic rings. The Hall–Kier alpha value is -2.38. The van der Waals surface area contributed by atoms with Gasteiger partial charge in [-0.25, -0.2) is 4.98 Å². The predicted molar refractivity (Wildman–Crippen MR) is 58.7 cm³/mol. The van der Waals surface area contributed by atoms with Crippen LogP contribution in [0.2, 0.25) is 0 Å². The van der Waals surface area contributed by atoms with E-state index in [1.54, 1.807) is 6.92 Å². The van der Waals surface area contributed by atoms with Crippen molar-refractivity contribution in [3.8, 4) is 0 Å². The van der Waals surface area contributed by atoms with Crippen LogP contribution in [0.4, 0.5) is 5.82 Å². The van der Waals surface area contributed by atoms with Crippen molar-refractivity contribution in [1.29, 1.82) is 0 Å². The molecule has 0 aliphatic rings. The van der Waals surface area contributed by atoms with Crippen molar-refractivity contribution in [2.45, 2.75) is 6.92 Å². The number of aromatic nitrogens is 2. The first-order valence-electron chi connectivity index (χ1n) is 4.77. The summed E-state index contributed by atoms with van der Waals surface area (Å²) in [4.78, 5) is 38.8. The van der Waals surface area contributed by atoms with Crippen LogP contribution in [0, 0.1) is 6.92 Å². The number of hydrogen-bond acceptors (Lipinski definition) is 5. The number of rotatable bonds is 5. The quantitative estimate of drug-likeness (QED) is 0.506. The molecule has 1 amide bonds. The zero-order valence-corrected chi connectivity index (χ0v) is 9.11. The second-order valence-corrected chi connectivity index (χ2v) is 3.24. The minimum atomic E-state index is -1.12. The molecule has 0 atom stereocenters. The SMILES string of the molecule is Cc1nc(NCC(=O)NCC(=O)O)cc(=O)[nH]1. The Kier molecular flexibility index (Phi) is 4.21. The standard InChI is InChI=1S/C9H12N4O4/c1-5-12-6(2-7(14)13-5)10-3-8(15)11-4-9(16)17/h2H,3-4H2,1H3,(H,11,15)(H,16,17)(H2,10,12,13,14). The van der Waals surface area contributed by atoms with E-state index in [-0.39, 0.29) is 17.9 Å². The van der Waals surface area contributed by atoms with Gasteiger partial charge in [-0.3, -0.25) is 14.4 Å². The Morgan fingerprint density at radius 1 is 1.47 bits per heavy atom. The van der Waals surface area contributed by atoms with Crippen LogP contribution in [0.25, 0.3) is 0 Å². The molecule has 8 nitrogen and oxygen atoms in total. The van der Waals surface area contributed by atoms with E-state index in [4.69, 9.17) is 5.11 Å². The number of carbonyl (C=O) groups is 2. The predicted octanol–water partition coefficient (Wildman–Crippen LogP) is -1.31. The summed E-state index contributed by atoms with van der Waals surface area (Å²) < 4.78 is 0. The molecule has 8 heteroatoms. The summed E-state index contributed by atoms with van der Waals surface area (Å²) in [6, 6.07) is 1.21. The smallest absolute Gasteiger partial charge is 0.322 e. The molecule has 0 radical (unpaired) electrons. The van der Waals surface area contributed by atoms with Crippen LogP contribution in [0.1, 0.15) is 5.82 Å². The summed E-state index contributed by atoms with van der Waals surface area (Å²) in [7, 11) is 0. The molecule has 92 valence electrons. The number of aryl methyl sites for hydroxylation is 1. The number of carboxylic acid groups (broad SMARTS) is 1. The van der Waals surface area contributed by atoms with E-state index in [1.807, 2.05) is 0 Å². The molecule has 0 saturated carbocycles. The maximum atomic E-state index is 11.1. The summed E-state index contributed by atoms with van der Waals surface area (Å²) >= 11 is 0. The highest BCUT2D eigenvalue weighted by atomic mass is 16.4. The second kappa shape index (κ2) is 5.64. The third-order valence-corrected chi connectivity index (χ3v) is 1.73. The molecule has 0 aliphatic carbocycles. The van der Waals surface area contributed by atoms with Crippen molar-refractivity contribution in [2.75, 3.05) is 18.4 Å². The Morgan fingerprint density at radius 3 is 2.76 bits per heavy atom. The molecule has 0 fully saturated rings. The fourth-order valence-corrected chi connectivity index (χ4v) is 1.08. The van der Waals surface area contributed by atoms with Gasteiger partial charge in [0.15, 0.2) is 0 Å². The first kappa shape index (κ1) is 12.7. The van der Waals surface area contributed by atoms with Gasteiger partial charge in [-0.05, 0) is 6.92 Å². The molecule has 0 unspecified atom stereocenters. The fraction of sp³-hybridized carbons (Fsp3) is 0.333. The minimum absolute atomic E-state index is 0.150. The van der Waals surface area contributed by atoms with Crippen molar-refractivity contribution in [2.24, 2.45) is 0 Å². The highest BCUT2D eigenvalue weighted by Crippen LogP contribution is 1.96. The van der Waals surface area contributed by atoms with Crippen LogP contribution in [0.15, 0.2) is 10.9 Å². The monoisotopic (exact) mass is 240 g/mol. The Bertz CT molecular complexity index is 482. The number of aliphatic carboxylic acids is 1. The average molecular weight is 240 g/mol. The molecule has 0 spiro atoms. The second-order valence-electron chi connectivity index (χ2n) is 3.24. The van der Waals surface area contributed by atoms with Gasteiger partial charge < -0.3 is 20.7 Å². The van der Waals surface area contributed by atoms with E-state index in [9.17, 15) is 14.4 Å². The number of nitrogens with zero attached hydrogens (tertiary/aromatic N) is 1. The molecule has 0 bridgehead atoms. The highest BCUT2D eigenvalue weighted by Gasteiger charge is 2.04. The Balaban J connectivity index is 2.47. The van der Waals surface area contributed by atoms with Gasteiger partial charge in [0.25, 0.3) is 5.56 Å². The molecular formula is C9H12N4O4. The van der Waals surface area contributed by atoms with Crippen LogP contribution >= 0.6 is 0 Å². The number of H-pyrrole nitrogens is 1. The van der Waals surface area contributed by atoms with E-state index >= 15 is 0 Å². The van der Waals surface area contributed by atoms with Crippen LogP contribution in [-0.2, 0) is 9.59 Å². The third-order valence-electron chi connectivity index (χ3n) is 1.73. The molecule has 1 heterocycles. The molecule has 0 saturated heterocycles. The van der Waals surface area contributed by atoms with Gasteiger partial charge in [0, 0.05) is 6.07 Å². The number of carboxylic acids is 1. The van der Waals surface area contributed by atoms with E-state index in [0.29, 0.717) is 5.82 Å². The largest absolute Gasteiger partial charge is 0.480 e. The van der Waals surface area contributed by atoms with E-state index < -0.39 is 18.4 Å². The fourth-order valence-electron chi connectivity index (χ4n) is 1.08. The molecule has 0 aliphatic heterocycles. The van der Waals surface area contributed by atoms with Crippen molar-refractivity contribution >= 4 is 17.7 Å². The number of carbonyl (C=O) groups excluding carboxylic acids is 1. The lowest BCUT2D eigenvalue weighted by atomic mass is 10.5. The van der Waals surface area contributed by atoms with Crippen molar-refractivity contribution in [3.05, 3.63) is 22.2 Å². The lowest BCUT2D eigenvalue weighted by molar-refractivity contribution is -0.137. The zero-order valence-electron chi connectivity index (χ0n) is 9.11. The Labute approximate surface area is 96.1 Å². The van der Waals surface area contributed by atoms with Gasteiger partial charge in [0.2, 0.25) is 5.91 Å². The molecule has 1 rings (SSSR count). The summed E-state index contributed by atoms with van der Waals surface area (Å²) in [5, 5.41) is 13.1. The summed E-state index contributed by atoms with van der Waals surface area (Å²) in [5.74, 6) is -0.932. The summed E-state index contributed by atoms with van der Waals surface area (Å²) in [6.07, 6.45) is 0. The van der Waals surface area contributed by atoms with E-state index in [1.165, 1.54) is 6.07 Å². The molecule has 4 N–H and O–H groups in total. The third kappa shape index (κ3) is 4.78. The van der Waals surface area contributed by atoms with Gasteiger partial charge in [-0.15, -0.1) is 0 Å². The van der Waals surface area contributed by atoms with E-state index in [2.05, 4.69) is 20.6 Å². The van der Waals surface area contributed by atoms with Gasteiger partial charge in [-0.1, -0.05) is 0 Å². The van der Waals surface area contributed by atoms with Gasteiger partial charge in [0.1, 0.15) is 18.2 Å². The Morgan fingerprint density at radius 2 is 2.18 bits per heavy atom. The first-order chi connectivity index (χ1) is 7.97. The van der Waals surface area contributed by atoms with E-state index in [0.717, 1.165) is 0 Å². The topological polar surface area (TPSA) is 124 Å². The maximum Gasteiger partial charge on any atom is 0.322 e. The van der Waals surface area contributed by atoms with Crippen LogP contribution in [-0.4, -0.2) is 40.0 Å². The number of anilines is 1. The highest BCUT2D eigenvalue weighted by molar-refractivity contribution is 5.84. The lowest BCUT2D eigenvalue weighted by Crippen LogP contribution is -2.34. The first-order valence-corrected chi connectivity index (χ1v) is 4.77. The summed E-state index contributed by atoms with van der Waals surface area (Å²) in [5.41, 5.74) is -0.328. The lowest BCUT2D eigenvalue weighted by Gasteiger charge is -2.05. The van der Waals surface area contributed by atoms with Crippen molar-refractivity contribution in [3.63, 3.8) is 0 Å². The maximum absolute atomic E-state index is 11.1. The average Bonchev–Trinajstić information content (AvgIpc) is 2.22. The van der Waals surface area contributed by atoms with Crippen LogP contribution in [0.5, 0.6) is 0 Å². The van der Waals surface area contributed by atoms with Crippen LogP contribution < -0.4 is 16.2 Å². The molecular weight excluding hydrogens is 228 g/mol. The zero-order chi connectivity index (χ0) is 12.8. The molecule has 0 aromatic carbocycles. The van der Waals surface area contributed by atoms with Crippen LogP contribution in [0.3, 0.4) is 0 Å². The van der Waals surface area contributed by atoms with Crippen molar-refractivity contribution in [1.82, 2.24) is 15.3 Å². The number of hydrogen-bond donors (Lipinski definition) is 4. The summed E-state index contributed by atoms with van der Waals surface area (Å²) in [6.45, 7) is 1.02. The number of nitrogens with one attached hydrogen (secondary N) is 3. The number of amides is 1.